The van der Waals surface area contributed by atoms with Crippen LogP contribution in [0.1, 0.15) is 31.1 Å². The molecule has 1 atom stereocenters. The number of hydrogen-bond acceptors (Lipinski definition) is 3. The van der Waals surface area contributed by atoms with Crippen molar-refractivity contribution in [1.29, 1.82) is 0 Å². The van der Waals surface area contributed by atoms with E-state index in [2.05, 4.69) is 29.3 Å². The van der Waals surface area contributed by atoms with Crippen molar-refractivity contribution in [3.63, 3.8) is 0 Å². The minimum atomic E-state index is 0.629. The second kappa shape index (κ2) is 5.10. The van der Waals surface area contributed by atoms with Gasteiger partial charge in [-0.05, 0) is 44.2 Å². The zero-order valence-corrected chi connectivity index (χ0v) is 10.2. The van der Waals surface area contributed by atoms with Gasteiger partial charge in [0, 0.05) is 23.5 Å². The van der Waals surface area contributed by atoms with E-state index in [-0.39, 0.29) is 0 Å². The second-order valence-corrected chi connectivity index (χ2v) is 5.44. The molecule has 1 heterocycles. The molecule has 0 bridgehead atoms. The summed E-state index contributed by atoms with van der Waals surface area (Å²) < 4.78 is 0. The van der Waals surface area contributed by atoms with E-state index in [0.717, 1.165) is 25.6 Å². The van der Waals surface area contributed by atoms with Gasteiger partial charge >= 0.3 is 0 Å². The summed E-state index contributed by atoms with van der Waals surface area (Å²) in [4.78, 5) is 4.10. The van der Waals surface area contributed by atoms with Crippen LogP contribution in [0.25, 0.3) is 0 Å². The molecule has 0 aliphatic heterocycles. The third kappa shape index (κ3) is 3.03. The lowest BCUT2D eigenvalue weighted by atomic mass is 10.2. The fourth-order valence-electron chi connectivity index (χ4n) is 2.04. The predicted molar refractivity (Wildman–Crippen MR) is 66.0 cm³/mol. The Morgan fingerprint density at radius 2 is 2.40 bits per heavy atom. The Morgan fingerprint density at radius 3 is 2.93 bits per heavy atom. The van der Waals surface area contributed by atoms with E-state index in [1.807, 2.05) is 11.3 Å². The normalized spacial score (nSPS) is 18.3. The molecule has 1 fully saturated rings. The highest BCUT2D eigenvalue weighted by atomic mass is 32.1. The molecule has 1 aromatic rings. The first-order chi connectivity index (χ1) is 7.31. The summed E-state index contributed by atoms with van der Waals surface area (Å²) in [6.07, 6.45) is 3.86. The van der Waals surface area contributed by atoms with Gasteiger partial charge in [0.25, 0.3) is 0 Å². The fraction of sp³-hybridized carbons (Fsp3) is 0.667. The summed E-state index contributed by atoms with van der Waals surface area (Å²) >= 11 is 1.86. The van der Waals surface area contributed by atoms with Gasteiger partial charge < -0.3 is 5.73 Å². The monoisotopic (exact) mass is 224 g/mol. The van der Waals surface area contributed by atoms with Crippen LogP contribution in [0.5, 0.6) is 0 Å². The maximum absolute atomic E-state index is 5.64. The number of nitrogens with two attached hydrogens (primary N) is 1. The number of rotatable bonds is 6. The lowest BCUT2D eigenvalue weighted by Crippen LogP contribution is -2.35. The minimum Gasteiger partial charge on any atom is -0.330 e. The molecule has 1 aliphatic rings. The van der Waals surface area contributed by atoms with E-state index in [0.29, 0.717) is 6.04 Å². The van der Waals surface area contributed by atoms with Gasteiger partial charge in [-0.25, -0.2) is 0 Å². The van der Waals surface area contributed by atoms with Gasteiger partial charge in [0.15, 0.2) is 0 Å². The molecule has 84 valence electrons. The standard InChI is InChI=1S/C12H20N2S/c1-10(6-7-13)14(11-4-5-11)9-12-3-2-8-15-12/h2-3,8,10-11H,4-7,9,13H2,1H3. The summed E-state index contributed by atoms with van der Waals surface area (Å²) in [5.41, 5.74) is 5.64. The summed E-state index contributed by atoms with van der Waals surface area (Å²) in [6.45, 7) is 4.22. The Balaban J connectivity index is 1.94. The van der Waals surface area contributed by atoms with Gasteiger partial charge in [-0.3, -0.25) is 4.90 Å². The fourth-order valence-corrected chi connectivity index (χ4v) is 2.75. The van der Waals surface area contributed by atoms with Crippen LogP contribution >= 0.6 is 11.3 Å². The third-order valence-corrected chi connectivity index (χ3v) is 3.95. The number of hydrogen-bond donors (Lipinski definition) is 1. The highest BCUT2D eigenvalue weighted by Crippen LogP contribution is 2.31. The molecule has 2 N–H and O–H groups in total. The molecule has 0 radical (unpaired) electrons. The molecule has 1 aromatic heterocycles. The molecule has 1 aliphatic carbocycles. The molecular weight excluding hydrogens is 204 g/mol. The zero-order chi connectivity index (χ0) is 10.7. The van der Waals surface area contributed by atoms with Crippen molar-refractivity contribution in [3.05, 3.63) is 22.4 Å². The molecule has 0 aromatic carbocycles. The maximum atomic E-state index is 5.64. The van der Waals surface area contributed by atoms with Crippen LogP contribution in [-0.4, -0.2) is 23.5 Å². The van der Waals surface area contributed by atoms with Crippen LogP contribution in [-0.2, 0) is 6.54 Å². The SMILES string of the molecule is CC(CCN)N(Cc1cccs1)C1CC1. The van der Waals surface area contributed by atoms with E-state index >= 15 is 0 Å². The summed E-state index contributed by atoms with van der Waals surface area (Å²) in [5, 5.41) is 2.16. The number of thiophene rings is 1. The van der Waals surface area contributed by atoms with Crippen molar-refractivity contribution in [2.45, 2.75) is 44.8 Å². The lowest BCUT2D eigenvalue weighted by molar-refractivity contribution is 0.184. The first-order valence-electron chi connectivity index (χ1n) is 5.79. The van der Waals surface area contributed by atoms with E-state index in [9.17, 15) is 0 Å². The van der Waals surface area contributed by atoms with Crippen molar-refractivity contribution in [1.82, 2.24) is 4.90 Å². The van der Waals surface area contributed by atoms with Crippen LogP contribution < -0.4 is 5.73 Å². The molecule has 0 saturated heterocycles. The smallest absolute Gasteiger partial charge is 0.0333 e. The molecule has 3 heteroatoms. The average Bonchev–Trinajstić information content (AvgIpc) is 2.93. The van der Waals surface area contributed by atoms with Gasteiger partial charge in [-0.1, -0.05) is 6.07 Å². The van der Waals surface area contributed by atoms with Crippen LogP contribution in [0.3, 0.4) is 0 Å². The van der Waals surface area contributed by atoms with Crippen molar-refractivity contribution in [3.8, 4) is 0 Å². The van der Waals surface area contributed by atoms with Crippen molar-refractivity contribution in [2.75, 3.05) is 6.54 Å². The first kappa shape index (κ1) is 11.1. The van der Waals surface area contributed by atoms with Gasteiger partial charge in [0.05, 0.1) is 0 Å². The second-order valence-electron chi connectivity index (χ2n) is 4.41. The Labute approximate surface area is 96.1 Å². The Hall–Kier alpha value is -0.380. The number of nitrogens with zero attached hydrogens (tertiary/aromatic N) is 1. The molecule has 0 amide bonds. The van der Waals surface area contributed by atoms with Gasteiger partial charge in [-0.15, -0.1) is 11.3 Å². The zero-order valence-electron chi connectivity index (χ0n) is 9.36. The molecule has 2 rings (SSSR count). The first-order valence-corrected chi connectivity index (χ1v) is 6.67. The molecular formula is C12H20N2S. The molecule has 1 saturated carbocycles. The van der Waals surface area contributed by atoms with Crippen molar-refractivity contribution < 1.29 is 0 Å². The Bertz CT molecular complexity index is 280. The topological polar surface area (TPSA) is 29.3 Å². The predicted octanol–water partition coefficient (Wildman–Crippen LogP) is 2.45. The quantitative estimate of drug-likeness (QED) is 0.804. The van der Waals surface area contributed by atoms with Crippen molar-refractivity contribution >= 4 is 11.3 Å². The average molecular weight is 224 g/mol. The van der Waals surface area contributed by atoms with Crippen LogP contribution in [0.4, 0.5) is 0 Å². The highest BCUT2D eigenvalue weighted by molar-refractivity contribution is 7.09. The summed E-state index contributed by atoms with van der Waals surface area (Å²) in [7, 11) is 0. The highest BCUT2D eigenvalue weighted by Gasteiger charge is 2.31. The van der Waals surface area contributed by atoms with Crippen LogP contribution in [0.15, 0.2) is 17.5 Å². The van der Waals surface area contributed by atoms with E-state index in [1.165, 1.54) is 17.7 Å². The van der Waals surface area contributed by atoms with E-state index in [1.54, 1.807) is 0 Å². The van der Waals surface area contributed by atoms with Gasteiger partial charge in [0.1, 0.15) is 0 Å². The summed E-state index contributed by atoms with van der Waals surface area (Å²) in [6, 6.07) is 5.83. The van der Waals surface area contributed by atoms with Crippen LogP contribution in [0.2, 0.25) is 0 Å². The van der Waals surface area contributed by atoms with Gasteiger partial charge in [0.2, 0.25) is 0 Å². The van der Waals surface area contributed by atoms with Crippen LogP contribution in [0, 0.1) is 0 Å². The maximum Gasteiger partial charge on any atom is 0.0333 e. The Morgan fingerprint density at radius 1 is 1.60 bits per heavy atom. The largest absolute Gasteiger partial charge is 0.330 e. The van der Waals surface area contributed by atoms with E-state index in [4.69, 9.17) is 5.73 Å². The summed E-state index contributed by atoms with van der Waals surface area (Å²) in [5.74, 6) is 0. The van der Waals surface area contributed by atoms with E-state index < -0.39 is 0 Å². The van der Waals surface area contributed by atoms with Gasteiger partial charge in [-0.2, -0.15) is 0 Å². The lowest BCUT2D eigenvalue weighted by Gasteiger charge is -2.28. The molecule has 1 unspecified atom stereocenters. The Kier molecular flexibility index (Phi) is 3.78. The molecule has 15 heavy (non-hydrogen) atoms. The van der Waals surface area contributed by atoms with Crippen molar-refractivity contribution in [2.24, 2.45) is 5.73 Å². The molecule has 2 nitrogen and oxygen atoms in total. The third-order valence-electron chi connectivity index (χ3n) is 3.08. The molecule has 0 spiro atoms. The minimum absolute atomic E-state index is 0.629.